The maximum absolute atomic E-state index is 13.6. The second-order valence-corrected chi connectivity index (χ2v) is 4.91. The van der Waals surface area contributed by atoms with Crippen molar-refractivity contribution in [1.29, 1.82) is 0 Å². The molecule has 0 amide bonds. The van der Waals surface area contributed by atoms with E-state index in [4.69, 9.17) is 5.73 Å². The van der Waals surface area contributed by atoms with E-state index in [9.17, 15) is 4.39 Å². The molecular weight excluding hydrogens is 241 g/mol. The van der Waals surface area contributed by atoms with Gasteiger partial charge < -0.3 is 5.73 Å². The number of nitrogens with two attached hydrogens (primary N) is 1. The Labute approximate surface area is 113 Å². The molecule has 1 aromatic heterocycles. The van der Waals surface area contributed by atoms with E-state index in [1.807, 2.05) is 30.7 Å². The van der Waals surface area contributed by atoms with Crippen LogP contribution in [-0.4, -0.2) is 9.78 Å². The average Bonchev–Trinajstić information content (AvgIpc) is 2.72. The van der Waals surface area contributed by atoms with Gasteiger partial charge in [-0.15, -0.1) is 0 Å². The Kier molecular flexibility index (Phi) is 4.00. The van der Waals surface area contributed by atoms with Gasteiger partial charge in [-0.2, -0.15) is 5.10 Å². The minimum Gasteiger partial charge on any atom is -0.324 e. The Bertz CT molecular complexity index is 575. The highest BCUT2D eigenvalue weighted by Crippen LogP contribution is 2.19. The van der Waals surface area contributed by atoms with E-state index in [0.717, 1.165) is 23.5 Å². The van der Waals surface area contributed by atoms with Gasteiger partial charge in [0, 0.05) is 24.7 Å². The van der Waals surface area contributed by atoms with Crippen molar-refractivity contribution in [2.24, 2.45) is 5.73 Å². The molecule has 2 N–H and O–H groups in total. The van der Waals surface area contributed by atoms with Crippen LogP contribution in [0.1, 0.15) is 35.5 Å². The molecule has 3 nitrogen and oxygen atoms in total. The normalized spacial score (nSPS) is 12.7. The molecule has 0 saturated heterocycles. The summed E-state index contributed by atoms with van der Waals surface area (Å²) < 4.78 is 15.5. The average molecular weight is 261 g/mol. The minimum absolute atomic E-state index is 0.201. The van der Waals surface area contributed by atoms with E-state index in [0.29, 0.717) is 12.0 Å². The van der Waals surface area contributed by atoms with Crippen molar-refractivity contribution < 1.29 is 4.39 Å². The Morgan fingerprint density at radius 2 is 2.05 bits per heavy atom. The van der Waals surface area contributed by atoms with Gasteiger partial charge >= 0.3 is 0 Å². The standard InChI is InChI=1S/C15H20FN3/c1-4-19-13(7-11(3)18-19)9-15(17)12-6-5-10(2)14(16)8-12/h5-8,15H,4,9,17H2,1-3H3. The van der Waals surface area contributed by atoms with Gasteiger partial charge in [0.15, 0.2) is 0 Å². The Morgan fingerprint density at radius 3 is 2.68 bits per heavy atom. The zero-order valence-electron chi connectivity index (χ0n) is 11.7. The molecule has 102 valence electrons. The fourth-order valence-corrected chi connectivity index (χ4v) is 2.22. The van der Waals surface area contributed by atoms with Gasteiger partial charge in [-0.3, -0.25) is 4.68 Å². The summed E-state index contributed by atoms with van der Waals surface area (Å²) in [4.78, 5) is 0. The fourth-order valence-electron chi connectivity index (χ4n) is 2.22. The molecule has 0 radical (unpaired) electrons. The SMILES string of the molecule is CCn1nc(C)cc1CC(N)c1ccc(C)c(F)c1. The first-order valence-corrected chi connectivity index (χ1v) is 6.56. The maximum Gasteiger partial charge on any atom is 0.126 e. The van der Waals surface area contributed by atoms with Crippen molar-refractivity contribution in [3.05, 3.63) is 52.6 Å². The molecule has 1 heterocycles. The van der Waals surface area contributed by atoms with Crippen LogP contribution in [0, 0.1) is 19.7 Å². The quantitative estimate of drug-likeness (QED) is 0.919. The molecule has 1 atom stereocenters. The third-order valence-corrected chi connectivity index (χ3v) is 3.34. The third kappa shape index (κ3) is 3.01. The predicted molar refractivity (Wildman–Crippen MR) is 74.4 cm³/mol. The second kappa shape index (κ2) is 5.53. The summed E-state index contributed by atoms with van der Waals surface area (Å²) in [7, 11) is 0. The van der Waals surface area contributed by atoms with Gasteiger partial charge in [0.2, 0.25) is 0 Å². The van der Waals surface area contributed by atoms with E-state index in [2.05, 4.69) is 5.10 Å². The van der Waals surface area contributed by atoms with Gasteiger partial charge in [-0.05, 0) is 44.0 Å². The lowest BCUT2D eigenvalue weighted by Gasteiger charge is -2.13. The summed E-state index contributed by atoms with van der Waals surface area (Å²) in [6.45, 7) is 6.58. The van der Waals surface area contributed by atoms with E-state index in [-0.39, 0.29) is 11.9 Å². The summed E-state index contributed by atoms with van der Waals surface area (Å²) >= 11 is 0. The molecule has 0 aliphatic rings. The topological polar surface area (TPSA) is 43.8 Å². The van der Waals surface area contributed by atoms with Gasteiger partial charge in [0.05, 0.1) is 5.69 Å². The van der Waals surface area contributed by atoms with Gasteiger partial charge in [-0.1, -0.05) is 12.1 Å². The lowest BCUT2D eigenvalue weighted by atomic mass is 10.0. The highest BCUT2D eigenvalue weighted by atomic mass is 19.1. The zero-order valence-corrected chi connectivity index (χ0v) is 11.7. The van der Waals surface area contributed by atoms with Crippen LogP contribution in [0.2, 0.25) is 0 Å². The van der Waals surface area contributed by atoms with Crippen molar-refractivity contribution in [2.75, 3.05) is 0 Å². The van der Waals surface area contributed by atoms with Crippen LogP contribution in [0.25, 0.3) is 0 Å². The number of nitrogens with zero attached hydrogens (tertiary/aromatic N) is 2. The molecule has 0 fully saturated rings. The summed E-state index contributed by atoms with van der Waals surface area (Å²) in [6.07, 6.45) is 0.664. The van der Waals surface area contributed by atoms with E-state index < -0.39 is 0 Å². The molecule has 19 heavy (non-hydrogen) atoms. The Balaban J connectivity index is 2.20. The third-order valence-electron chi connectivity index (χ3n) is 3.34. The fraction of sp³-hybridized carbons (Fsp3) is 0.400. The van der Waals surface area contributed by atoms with Crippen molar-refractivity contribution >= 4 is 0 Å². The van der Waals surface area contributed by atoms with E-state index >= 15 is 0 Å². The van der Waals surface area contributed by atoms with Crippen LogP contribution in [0.15, 0.2) is 24.3 Å². The van der Waals surface area contributed by atoms with Crippen LogP contribution in [-0.2, 0) is 13.0 Å². The zero-order chi connectivity index (χ0) is 14.0. The van der Waals surface area contributed by atoms with Crippen LogP contribution >= 0.6 is 0 Å². The van der Waals surface area contributed by atoms with Crippen molar-refractivity contribution in [2.45, 2.75) is 39.8 Å². The van der Waals surface area contributed by atoms with Gasteiger partial charge in [0.1, 0.15) is 5.82 Å². The maximum atomic E-state index is 13.6. The van der Waals surface area contributed by atoms with Crippen LogP contribution in [0.3, 0.4) is 0 Å². The molecular formula is C15H20FN3. The number of hydrogen-bond donors (Lipinski definition) is 1. The predicted octanol–water partition coefficient (Wildman–Crippen LogP) is 2.90. The monoisotopic (exact) mass is 261 g/mol. The summed E-state index contributed by atoms with van der Waals surface area (Å²) in [6, 6.07) is 7.01. The first kappa shape index (κ1) is 13.7. The first-order valence-electron chi connectivity index (χ1n) is 6.56. The van der Waals surface area contributed by atoms with Crippen molar-refractivity contribution in [3.8, 4) is 0 Å². The second-order valence-electron chi connectivity index (χ2n) is 4.91. The molecule has 0 aliphatic heterocycles. The largest absolute Gasteiger partial charge is 0.324 e. The molecule has 0 bridgehead atoms. The van der Waals surface area contributed by atoms with Crippen molar-refractivity contribution in [3.63, 3.8) is 0 Å². The molecule has 0 aliphatic carbocycles. The number of halogens is 1. The number of benzene rings is 1. The lowest BCUT2D eigenvalue weighted by Crippen LogP contribution is -2.16. The Morgan fingerprint density at radius 1 is 1.32 bits per heavy atom. The van der Waals surface area contributed by atoms with Gasteiger partial charge in [0.25, 0.3) is 0 Å². The van der Waals surface area contributed by atoms with Crippen LogP contribution in [0.4, 0.5) is 4.39 Å². The highest BCUT2D eigenvalue weighted by molar-refractivity contribution is 5.27. The molecule has 2 rings (SSSR count). The first-order chi connectivity index (χ1) is 9.01. The number of hydrogen-bond acceptors (Lipinski definition) is 2. The van der Waals surface area contributed by atoms with Crippen molar-refractivity contribution in [1.82, 2.24) is 9.78 Å². The minimum atomic E-state index is -0.212. The molecule has 4 heteroatoms. The van der Waals surface area contributed by atoms with Gasteiger partial charge in [-0.25, -0.2) is 4.39 Å². The Hall–Kier alpha value is -1.68. The summed E-state index contributed by atoms with van der Waals surface area (Å²) in [5, 5.41) is 4.39. The highest BCUT2D eigenvalue weighted by Gasteiger charge is 2.12. The summed E-state index contributed by atoms with van der Waals surface area (Å²) in [5.41, 5.74) is 9.72. The van der Waals surface area contributed by atoms with E-state index in [1.54, 1.807) is 13.0 Å². The van der Waals surface area contributed by atoms with Crippen LogP contribution < -0.4 is 5.73 Å². The number of aromatic nitrogens is 2. The van der Waals surface area contributed by atoms with Crippen LogP contribution in [0.5, 0.6) is 0 Å². The lowest BCUT2D eigenvalue weighted by molar-refractivity contribution is 0.580. The molecule has 1 unspecified atom stereocenters. The summed E-state index contributed by atoms with van der Waals surface area (Å²) in [5.74, 6) is -0.201. The molecule has 2 aromatic rings. The van der Waals surface area contributed by atoms with E-state index in [1.165, 1.54) is 6.07 Å². The number of rotatable bonds is 4. The molecule has 0 saturated carbocycles. The molecule has 1 aromatic carbocycles. The molecule has 0 spiro atoms. The smallest absolute Gasteiger partial charge is 0.126 e. The number of aryl methyl sites for hydroxylation is 3.